The van der Waals surface area contributed by atoms with Gasteiger partial charge in [0.05, 0.1) is 0 Å². The molecule has 0 saturated carbocycles. The Kier molecular flexibility index (Phi) is 22.7. The maximum atomic E-state index is 8.11. The van der Waals surface area contributed by atoms with E-state index in [1.807, 2.05) is 6.92 Å². The van der Waals surface area contributed by atoms with Crippen LogP contribution in [0.4, 0.5) is 0 Å². The molecular weight excluding hydrogens is 152 g/mol. The minimum atomic E-state index is -1.10. The molecule has 0 amide bonds. The number of hydrogen-bond donors (Lipinski definition) is 2. The molecule has 0 aromatic carbocycles. The van der Waals surface area contributed by atoms with Crippen LogP contribution in [0.25, 0.3) is 0 Å². The van der Waals surface area contributed by atoms with E-state index in [-0.39, 0.29) is 47.6 Å². The number of rotatable bonds is 2. The number of hydrogen-bond acceptors (Lipinski definition) is 2. The summed E-state index contributed by atoms with van der Waals surface area (Å²) in [4.78, 5) is 0. The Hall–Kier alpha value is 1.40. The fraction of sp³-hybridized carbons (Fsp3) is 1.00. The Morgan fingerprint density at radius 1 is 1.50 bits per heavy atom. The second-order valence-corrected chi connectivity index (χ2v) is 1.27. The van der Waals surface area contributed by atoms with Gasteiger partial charge in [-0.3, -0.25) is 0 Å². The summed E-state index contributed by atoms with van der Waals surface area (Å²) in [5, 5.41) is 16.2. The first-order chi connectivity index (χ1) is 2.77. The van der Waals surface area contributed by atoms with E-state index in [4.69, 9.17) is 10.2 Å². The van der Waals surface area contributed by atoms with Crippen LogP contribution in [0.15, 0.2) is 0 Å². The molecule has 0 heterocycles. The van der Waals surface area contributed by atoms with Gasteiger partial charge >= 0.3 is 23.1 Å². The van der Waals surface area contributed by atoms with Gasteiger partial charge < -0.3 is 13.1 Å². The van der Waals surface area contributed by atoms with Crippen LogP contribution in [0.2, 0.25) is 0 Å². The van der Waals surface area contributed by atoms with Crippen LogP contribution in [0.1, 0.15) is 22.6 Å². The van der Waals surface area contributed by atoms with Crippen molar-refractivity contribution in [3.05, 3.63) is 0 Å². The molecule has 2 N–H and O–H groups in total. The minimum Gasteiger partial charge on any atom is -1.00 e. The molecule has 0 atom stereocenters. The summed E-state index contributed by atoms with van der Waals surface area (Å²) in [7, 11) is 0. The Labute approximate surface area is 83.7 Å². The predicted molar refractivity (Wildman–Crippen MR) is 31.1 cm³/mol. The van der Waals surface area contributed by atoms with Crippen LogP contribution in [0.5, 0.6) is 0 Å². The third-order valence-electron chi connectivity index (χ3n) is 0.547. The van der Waals surface area contributed by atoms with E-state index in [2.05, 4.69) is 0 Å². The molecule has 0 radical (unpaired) electrons. The van der Waals surface area contributed by atoms with Crippen LogP contribution < -0.4 is 0 Å². The van der Waals surface area contributed by atoms with Gasteiger partial charge in [-0.1, -0.05) is 13.3 Å². The Balaban J connectivity index is -0.0000000208. The topological polar surface area (TPSA) is 40.5 Å². The summed E-state index contributed by atoms with van der Waals surface area (Å²) in [6.45, 7) is 1.90. The molecule has 4 heteroatoms. The standard InChI is InChI=1S/C4H10O2.Mg.Ti.2H/c1-2-3-4(5)6;;;;/h4-6H,2-3H2,1H3;;;;/q;+2;;2*-1. The fourth-order valence-corrected chi connectivity index (χ4v) is 0.258. The van der Waals surface area contributed by atoms with Gasteiger partial charge in [0.1, 0.15) is 0 Å². The second-order valence-electron chi connectivity index (χ2n) is 1.27. The molecule has 0 spiro atoms. The molecule has 0 aliphatic rings. The van der Waals surface area contributed by atoms with E-state index in [0.29, 0.717) is 6.42 Å². The average molecular weight is 164 g/mol. The summed E-state index contributed by atoms with van der Waals surface area (Å²) in [6, 6.07) is 0. The van der Waals surface area contributed by atoms with Gasteiger partial charge in [-0.05, 0) is 6.42 Å². The van der Waals surface area contributed by atoms with E-state index in [1.165, 1.54) is 0 Å². The number of aliphatic hydroxyl groups is 2. The zero-order chi connectivity index (χ0) is 4.99. The van der Waals surface area contributed by atoms with Crippen molar-refractivity contribution in [2.24, 2.45) is 0 Å². The van der Waals surface area contributed by atoms with E-state index in [9.17, 15) is 0 Å². The molecule has 0 aromatic rings. The average Bonchev–Trinajstić information content (AvgIpc) is 1.35. The van der Waals surface area contributed by atoms with Crippen molar-refractivity contribution < 1.29 is 34.8 Å². The quantitative estimate of drug-likeness (QED) is 0.443. The zero-order valence-electron chi connectivity index (χ0n) is 7.09. The van der Waals surface area contributed by atoms with Crippen LogP contribution >= 0.6 is 0 Å². The van der Waals surface area contributed by atoms with Gasteiger partial charge in [0.15, 0.2) is 6.29 Å². The van der Waals surface area contributed by atoms with Crippen molar-refractivity contribution in [3.63, 3.8) is 0 Å². The molecular formula is C4H12MgO2Ti. The monoisotopic (exact) mass is 164 g/mol. The maximum absolute atomic E-state index is 8.11. The minimum absolute atomic E-state index is 0. The van der Waals surface area contributed by atoms with E-state index >= 15 is 0 Å². The normalized spacial score (nSPS) is 7.50. The molecule has 0 aliphatic carbocycles. The van der Waals surface area contributed by atoms with Crippen molar-refractivity contribution in [2.75, 3.05) is 0 Å². The SMILES string of the molecule is CCCC(O)O.[H-].[H-].[Mg+2].[Ti]. The summed E-state index contributed by atoms with van der Waals surface area (Å²) >= 11 is 0. The molecule has 0 aliphatic heterocycles. The molecule has 0 aromatic heterocycles. The number of aliphatic hydroxyl groups excluding tert-OH is 1. The van der Waals surface area contributed by atoms with Gasteiger partial charge in [0.2, 0.25) is 0 Å². The van der Waals surface area contributed by atoms with Crippen molar-refractivity contribution >= 4 is 23.1 Å². The van der Waals surface area contributed by atoms with Crippen LogP contribution in [-0.4, -0.2) is 39.6 Å². The van der Waals surface area contributed by atoms with Crippen LogP contribution in [-0.2, 0) is 21.7 Å². The van der Waals surface area contributed by atoms with Crippen molar-refractivity contribution in [2.45, 2.75) is 26.1 Å². The third-order valence-corrected chi connectivity index (χ3v) is 0.547. The van der Waals surface area contributed by atoms with Gasteiger partial charge in [-0.2, -0.15) is 0 Å². The van der Waals surface area contributed by atoms with Crippen molar-refractivity contribution in [3.8, 4) is 0 Å². The maximum Gasteiger partial charge on any atom is 2.00 e. The fourth-order valence-electron chi connectivity index (χ4n) is 0.258. The summed E-state index contributed by atoms with van der Waals surface area (Å²) in [5.74, 6) is 0. The van der Waals surface area contributed by atoms with Crippen LogP contribution in [0, 0.1) is 0 Å². The van der Waals surface area contributed by atoms with E-state index in [0.717, 1.165) is 6.42 Å². The molecule has 0 unspecified atom stereocenters. The van der Waals surface area contributed by atoms with Gasteiger partial charge in [-0.25, -0.2) is 0 Å². The second kappa shape index (κ2) is 11.2. The Bertz CT molecular complexity index is 42.4. The van der Waals surface area contributed by atoms with Gasteiger partial charge in [0.25, 0.3) is 0 Å². The van der Waals surface area contributed by atoms with Crippen LogP contribution in [0.3, 0.4) is 0 Å². The smallest absolute Gasteiger partial charge is 1.00 e. The third kappa shape index (κ3) is 15.7. The Morgan fingerprint density at radius 3 is 1.88 bits per heavy atom. The molecule has 8 heavy (non-hydrogen) atoms. The molecule has 0 bridgehead atoms. The first-order valence-electron chi connectivity index (χ1n) is 2.13. The van der Waals surface area contributed by atoms with Gasteiger partial charge in [-0.15, -0.1) is 0 Å². The molecule has 0 fully saturated rings. The molecule has 0 saturated heterocycles. The largest absolute Gasteiger partial charge is 2.00 e. The van der Waals surface area contributed by atoms with Gasteiger partial charge in [0, 0.05) is 21.7 Å². The molecule has 46 valence electrons. The first-order valence-corrected chi connectivity index (χ1v) is 2.13. The van der Waals surface area contributed by atoms with E-state index in [1.54, 1.807) is 0 Å². The van der Waals surface area contributed by atoms with Crippen molar-refractivity contribution in [1.82, 2.24) is 0 Å². The first kappa shape index (κ1) is 16.2. The zero-order valence-corrected chi connectivity index (χ0v) is 8.07. The summed E-state index contributed by atoms with van der Waals surface area (Å²) < 4.78 is 0. The molecule has 2 nitrogen and oxygen atoms in total. The van der Waals surface area contributed by atoms with E-state index < -0.39 is 6.29 Å². The predicted octanol–water partition coefficient (Wildman–Crippen LogP) is -0.0611. The molecule has 0 rings (SSSR count). The van der Waals surface area contributed by atoms with Crippen molar-refractivity contribution in [1.29, 1.82) is 0 Å². The summed E-state index contributed by atoms with van der Waals surface area (Å²) in [5.41, 5.74) is 0. The Morgan fingerprint density at radius 2 is 1.88 bits per heavy atom. The summed E-state index contributed by atoms with van der Waals surface area (Å²) in [6.07, 6.45) is 0.215.